The van der Waals surface area contributed by atoms with Crippen LogP contribution in [0, 0.1) is 0 Å². The van der Waals surface area contributed by atoms with E-state index in [9.17, 15) is 22.8 Å². The van der Waals surface area contributed by atoms with E-state index in [0.29, 0.717) is 50.9 Å². The van der Waals surface area contributed by atoms with Crippen LogP contribution < -0.4 is 5.32 Å². The molecule has 12 heteroatoms. The van der Waals surface area contributed by atoms with Gasteiger partial charge < -0.3 is 19.9 Å². The van der Waals surface area contributed by atoms with Crippen molar-refractivity contribution in [1.29, 1.82) is 0 Å². The van der Waals surface area contributed by atoms with Gasteiger partial charge in [0.1, 0.15) is 6.10 Å². The van der Waals surface area contributed by atoms with E-state index in [1.807, 2.05) is 4.68 Å². The van der Waals surface area contributed by atoms with Crippen LogP contribution in [0.2, 0.25) is 0 Å². The summed E-state index contributed by atoms with van der Waals surface area (Å²) in [5.74, 6) is -0.0107. The van der Waals surface area contributed by atoms with E-state index in [1.54, 1.807) is 22.1 Å². The van der Waals surface area contributed by atoms with Crippen LogP contribution in [0.3, 0.4) is 0 Å². The van der Waals surface area contributed by atoms with Crippen LogP contribution in [-0.2, 0) is 10.9 Å². The second kappa shape index (κ2) is 12.2. The van der Waals surface area contributed by atoms with Crippen molar-refractivity contribution in [1.82, 2.24) is 24.9 Å². The molecule has 4 aliphatic rings. The Hall–Kier alpha value is -2.79. The van der Waals surface area contributed by atoms with Gasteiger partial charge in [0.2, 0.25) is 0 Å². The lowest BCUT2D eigenvalue weighted by atomic mass is 9.97. The minimum atomic E-state index is -4.48. The van der Waals surface area contributed by atoms with Crippen molar-refractivity contribution < 1.29 is 27.5 Å². The average Bonchev–Trinajstić information content (AvgIpc) is 3.50. The molecule has 1 aliphatic carbocycles. The highest BCUT2D eigenvalue weighted by Crippen LogP contribution is 2.45. The molecule has 6 rings (SSSR count). The predicted molar refractivity (Wildman–Crippen MR) is 148 cm³/mol. The van der Waals surface area contributed by atoms with E-state index in [0.717, 1.165) is 50.5 Å². The summed E-state index contributed by atoms with van der Waals surface area (Å²) in [4.78, 5) is 30.0. The van der Waals surface area contributed by atoms with Crippen molar-refractivity contribution >= 4 is 24.4 Å². The minimum Gasteiger partial charge on any atom is -0.446 e. The summed E-state index contributed by atoms with van der Waals surface area (Å²) >= 11 is 0. The third-order valence-electron chi connectivity index (χ3n) is 8.79. The third-order valence-corrected chi connectivity index (χ3v) is 8.79. The molecular weight excluding hydrogens is 559 g/mol. The number of benzene rings is 1. The number of ether oxygens (including phenoxy) is 1. The fraction of sp³-hybridized carbons (Fsp3) is 0.621. The summed E-state index contributed by atoms with van der Waals surface area (Å²) in [5, 5.41) is 7.93. The Morgan fingerprint density at radius 3 is 2.34 bits per heavy atom. The van der Waals surface area contributed by atoms with Crippen LogP contribution in [-0.4, -0.2) is 70.4 Å². The second-order valence-corrected chi connectivity index (χ2v) is 11.5. The monoisotopic (exact) mass is 595 g/mol. The zero-order chi connectivity index (χ0) is 27.9. The number of likely N-dealkylation sites (tertiary alicyclic amines) is 2. The van der Waals surface area contributed by atoms with Crippen LogP contribution in [0.25, 0.3) is 0 Å². The van der Waals surface area contributed by atoms with Crippen LogP contribution in [0.5, 0.6) is 0 Å². The van der Waals surface area contributed by atoms with Crippen LogP contribution in [0.1, 0.15) is 96.5 Å². The lowest BCUT2D eigenvalue weighted by molar-refractivity contribution is -0.138. The Bertz CT molecular complexity index is 1240. The molecule has 1 N–H and O–H groups in total. The maximum Gasteiger partial charge on any atom is 0.416 e. The minimum absolute atomic E-state index is 0. The van der Waals surface area contributed by atoms with Gasteiger partial charge in [0, 0.05) is 25.6 Å². The summed E-state index contributed by atoms with van der Waals surface area (Å²) in [5.41, 5.74) is 0.885. The highest BCUT2D eigenvalue weighted by Gasteiger charge is 2.42. The van der Waals surface area contributed by atoms with E-state index in [-0.39, 0.29) is 48.0 Å². The van der Waals surface area contributed by atoms with Crippen LogP contribution in [0.4, 0.5) is 18.0 Å². The summed E-state index contributed by atoms with van der Waals surface area (Å²) < 4.78 is 49.0. The zero-order valence-corrected chi connectivity index (χ0v) is 23.8. The third kappa shape index (κ3) is 6.21. The zero-order valence-electron chi connectivity index (χ0n) is 22.9. The first-order valence-corrected chi connectivity index (χ1v) is 14.5. The Kier molecular flexibility index (Phi) is 8.84. The predicted octanol–water partition coefficient (Wildman–Crippen LogP) is 5.70. The fourth-order valence-electron chi connectivity index (χ4n) is 6.55. The molecule has 1 aromatic heterocycles. The van der Waals surface area contributed by atoms with Crippen molar-refractivity contribution in [2.45, 2.75) is 81.6 Å². The molecule has 1 aromatic carbocycles. The number of alkyl halides is 3. The number of carbonyl (C=O) groups excluding carboxylic acids is 2. The van der Waals surface area contributed by atoms with Gasteiger partial charge in [-0.1, -0.05) is 18.2 Å². The molecule has 0 bridgehead atoms. The van der Waals surface area contributed by atoms with Crippen molar-refractivity contribution in [3.8, 4) is 0 Å². The van der Waals surface area contributed by atoms with Gasteiger partial charge in [-0.2, -0.15) is 18.3 Å². The van der Waals surface area contributed by atoms with Gasteiger partial charge >= 0.3 is 12.3 Å². The molecule has 224 valence electrons. The Balaban J connectivity index is 0.00000337. The van der Waals surface area contributed by atoms with Gasteiger partial charge in [0.05, 0.1) is 35.1 Å². The molecule has 0 spiro atoms. The molecule has 1 atom stereocenters. The Morgan fingerprint density at radius 2 is 1.66 bits per heavy atom. The van der Waals surface area contributed by atoms with Gasteiger partial charge in [-0.05, 0) is 76.1 Å². The average molecular weight is 596 g/mol. The molecule has 3 aliphatic heterocycles. The molecule has 0 radical (unpaired) electrons. The lowest BCUT2D eigenvalue weighted by Gasteiger charge is -2.34. The maximum absolute atomic E-state index is 13.9. The van der Waals surface area contributed by atoms with Crippen LogP contribution in [0.15, 0.2) is 30.5 Å². The molecule has 4 fully saturated rings. The molecule has 3 saturated heterocycles. The van der Waals surface area contributed by atoms with Gasteiger partial charge in [0.25, 0.3) is 5.91 Å². The summed E-state index contributed by atoms with van der Waals surface area (Å²) in [7, 11) is 0. The first kappa shape index (κ1) is 29.7. The standard InChI is InChI=1S/C29H36F3N5O3.ClH/c30-29(31,32)24-5-2-1-4-22(24)25-6-3-15-36(25)27(38)23-18-34-37(26(23)19-7-8-19)20-11-16-35(17-12-20)28(39)40-21-9-13-33-14-10-21;/h1-2,4-5,18-21,25,33H,3,6-17H2;1H. The van der Waals surface area contributed by atoms with Gasteiger partial charge in [0.15, 0.2) is 0 Å². The number of nitrogens with one attached hydrogen (secondary N) is 1. The van der Waals surface area contributed by atoms with E-state index in [1.165, 1.54) is 12.1 Å². The van der Waals surface area contributed by atoms with Crippen molar-refractivity contribution in [3.63, 3.8) is 0 Å². The van der Waals surface area contributed by atoms with Crippen LogP contribution >= 0.6 is 12.4 Å². The Morgan fingerprint density at radius 1 is 0.951 bits per heavy atom. The number of halogens is 4. The van der Waals surface area contributed by atoms with E-state index < -0.39 is 17.8 Å². The SMILES string of the molecule is Cl.O=C(OC1CCNCC1)N1CCC(n2ncc(C(=O)N3CCCC3c3ccccc3C(F)(F)F)c2C2CC2)CC1. The largest absolute Gasteiger partial charge is 0.446 e. The van der Waals surface area contributed by atoms with E-state index >= 15 is 0 Å². The number of piperidine rings is 2. The first-order valence-electron chi connectivity index (χ1n) is 14.5. The maximum atomic E-state index is 13.9. The molecule has 41 heavy (non-hydrogen) atoms. The lowest BCUT2D eigenvalue weighted by Crippen LogP contribution is -2.42. The molecule has 1 unspecified atom stereocenters. The molecule has 4 heterocycles. The highest BCUT2D eigenvalue weighted by molar-refractivity contribution is 5.96. The number of hydrogen-bond acceptors (Lipinski definition) is 5. The molecule has 2 aromatic rings. The summed E-state index contributed by atoms with van der Waals surface area (Å²) in [6.45, 7) is 3.26. The molecule has 8 nitrogen and oxygen atoms in total. The fourth-order valence-corrected chi connectivity index (χ4v) is 6.55. The number of hydrogen-bond donors (Lipinski definition) is 1. The van der Waals surface area contributed by atoms with Gasteiger partial charge in [-0.25, -0.2) is 4.79 Å². The second-order valence-electron chi connectivity index (χ2n) is 11.5. The molecular formula is C29H37ClF3N5O3. The van der Waals surface area contributed by atoms with E-state index in [2.05, 4.69) is 10.4 Å². The van der Waals surface area contributed by atoms with Gasteiger partial charge in [-0.15, -0.1) is 12.4 Å². The number of rotatable bonds is 5. The normalized spacial score (nSPS) is 22.5. The highest BCUT2D eigenvalue weighted by atomic mass is 35.5. The smallest absolute Gasteiger partial charge is 0.416 e. The number of amides is 2. The first-order chi connectivity index (χ1) is 19.3. The van der Waals surface area contributed by atoms with Crippen molar-refractivity contribution in [2.75, 3.05) is 32.7 Å². The quantitative estimate of drug-likeness (QED) is 0.479. The Labute approximate surface area is 244 Å². The van der Waals surface area contributed by atoms with E-state index in [4.69, 9.17) is 4.74 Å². The number of nitrogens with zero attached hydrogens (tertiary/aromatic N) is 4. The van der Waals surface area contributed by atoms with Crippen molar-refractivity contribution in [3.05, 3.63) is 52.8 Å². The molecule has 2 amide bonds. The van der Waals surface area contributed by atoms with Crippen molar-refractivity contribution in [2.24, 2.45) is 0 Å². The molecule has 1 saturated carbocycles. The topological polar surface area (TPSA) is 79.7 Å². The summed E-state index contributed by atoms with van der Waals surface area (Å²) in [6, 6.07) is 5.03. The number of aromatic nitrogens is 2. The summed E-state index contributed by atoms with van der Waals surface area (Å²) in [6.07, 6.45) is 3.00. The number of carbonyl (C=O) groups is 2. The van der Waals surface area contributed by atoms with Gasteiger partial charge in [-0.3, -0.25) is 9.48 Å².